The fourth-order valence-corrected chi connectivity index (χ4v) is 8.06. The molecular weight excluding hydrogens is 731 g/mol. The van der Waals surface area contributed by atoms with Crippen LogP contribution in [0.1, 0.15) is 113 Å². The fourth-order valence-electron chi connectivity index (χ4n) is 8.06. The van der Waals surface area contributed by atoms with Gasteiger partial charge in [-0.05, 0) is 134 Å². The summed E-state index contributed by atoms with van der Waals surface area (Å²) in [7, 11) is 0. The molecule has 302 valence electrons. The van der Waals surface area contributed by atoms with Crippen LogP contribution in [0.2, 0.25) is 0 Å². The average molecular weight is 792 g/mol. The van der Waals surface area contributed by atoms with E-state index in [1.165, 1.54) is 0 Å². The highest BCUT2D eigenvalue weighted by Crippen LogP contribution is 2.43. The number of phenolic OH excluding ortho intramolecular Hbond substituents is 1. The summed E-state index contributed by atoms with van der Waals surface area (Å²) in [6.45, 7) is 16.5. The van der Waals surface area contributed by atoms with Crippen molar-refractivity contribution in [2.75, 3.05) is 0 Å². The molecule has 8 rings (SSSR count). The lowest BCUT2D eigenvalue weighted by Gasteiger charge is -2.22. The van der Waals surface area contributed by atoms with Gasteiger partial charge in [-0.25, -0.2) is 4.98 Å². The molecule has 4 heteroatoms. The number of fused-ring (bicyclic) bond motifs is 1. The number of aryl methyl sites for hydroxylation is 1. The molecule has 0 radical (unpaired) electrons. The molecule has 2 aromatic heterocycles. The molecule has 8 aromatic rings. The molecule has 0 spiro atoms. The maximum Gasteiger partial charge on any atom is 0.149 e. The predicted octanol–water partition coefficient (Wildman–Crippen LogP) is 15.4. The third-order valence-corrected chi connectivity index (χ3v) is 11.6. The first-order valence-corrected chi connectivity index (χ1v) is 21.0. The Balaban J connectivity index is 1.40. The Morgan fingerprint density at radius 2 is 1.35 bits per heavy atom. The molecule has 0 fully saturated rings. The van der Waals surface area contributed by atoms with Crippen molar-refractivity contribution in [3.05, 3.63) is 167 Å². The summed E-state index contributed by atoms with van der Waals surface area (Å²) in [5, 5.41) is 12.2. The van der Waals surface area contributed by atoms with Gasteiger partial charge in [-0.1, -0.05) is 147 Å². The van der Waals surface area contributed by atoms with Crippen LogP contribution in [0.3, 0.4) is 0 Å². The topological polar surface area (TPSA) is 50.9 Å². The van der Waals surface area contributed by atoms with E-state index >= 15 is 0 Å². The molecule has 60 heavy (non-hydrogen) atoms. The molecule has 1 N–H and O–H groups in total. The first-order chi connectivity index (χ1) is 30.2. The number of phenols is 1. The van der Waals surface area contributed by atoms with E-state index in [0.717, 1.165) is 77.9 Å². The Kier molecular flexibility index (Phi) is 9.55. The van der Waals surface area contributed by atoms with Crippen LogP contribution in [0.25, 0.3) is 72.7 Å². The largest absolute Gasteiger partial charge is 0.507 e. The zero-order chi connectivity index (χ0) is 45.9. The van der Waals surface area contributed by atoms with E-state index in [9.17, 15) is 5.11 Å². The van der Waals surface area contributed by atoms with Crippen LogP contribution in [-0.2, 0) is 5.41 Å². The van der Waals surface area contributed by atoms with E-state index in [2.05, 4.69) is 97.0 Å². The van der Waals surface area contributed by atoms with E-state index in [0.29, 0.717) is 17.1 Å². The summed E-state index contributed by atoms with van der Waals surface area (Å²) in [6.07, 6.45) is 1.85. The molecule has 6 aromatic carbocycles. The fraction of sp³-hybridized carbons (Fsp3) is 0.250. The van der Waals surface area contributed by atoms with Gasteiger partial charge in [-0.3, -0.25) is 9.55 Å². The molecule has 0 atom stereocenters. The Labute approximate surface area is 362 Å². The minimum absolute atomic E-state index is 0.0369. The number of aromatic hydroxyl groups is 1. The van der Waals surface area contributed by atoms with Gasteiger partial charge in [0.2, 0.25) is 0 Å². The standard InChI is InChI=1S/C56H57N3O/c1-34(2)38-19-21-40(22-20-38)41-23-24-57-51(33-41)45-27-44(28-46(29-45)56(8,9)10)48-17-14-18-52-53(48)58-55(50-32-42(35(3)4)31-49(36(5)6)54(50)60)59(52)47-26-37(7)25-43(30-47)39-15-12-11-13-16-39/h11-36,60H,1-10H3/i7D3,34D. The number of aromatic nitrogens is 3. The summed E-state index contributed by atoms with van der Waals surface area (Å²) < 4.78 is 36.2. The monoisotopic (exact) mass is 791 g/mol. The molecular formula is C56H57N3O. The van der Waals surface area contributed by atoms with Crippen molar-refractivity contribution < 1.29 is 10.6 Å². The van der Waals surface area contributed by atoms with Crippen molar-refractivity contribution in [2.24, 2.45) is 0 Å². The number of imidazole rings is 1. The van der Waals surface area contributed by atoms with Crippen molar-refractivity contribution >= 4 is 11.0 Å². The third-order valence-electron chi connectivity index (χ3n) is 11.6. The summed E-state index contributed by atoms with van der Waals surface area (Å²) in [5.41, 5.74) is 14.1. The van der Waals surface area contributed by atoms with E-state index in [1.54, 1.807) is 12.1 Å². The predicted molar refractivity (Wildman–Crippen MR) is 253 cm³/mol. The van der Waals surface area contributed by atoms with Crippen molar-refractivity contribution in [3.8, 4) is 67.5 Å². The highest BCUT2D eigenvalue weighted by Gasteiger charge is 2.25. The van der Waals surface area contributed by atoms with Crippen molar-refractivity contribution in [3.63, 3.8) is 0 Å². The molecule has 4 nitrogen and oxygen atoms in total. The second kappa shape index (κ2) is 16.1. The van der Waals surface area contributed by atoms with Gasteiger partial charge >= 0.3 is 0 Å². The lowest BCUT2D eigenvalue weighted by molar-refractivity contribution is 0.466. The maximum absolute atomic E-state index is 12.2. The van der Waals surface area contributed by atoms with E-state index in [1.807, 2.05) is 97.4 Å². The number of hydrogen-bond acceptors (Lipinski definition) is 3. The molecule has 0 amide bonds. The molecule has 0 bridgehead atoms. The van der Waals surface area contributed by atoms with Gasteiger partial charge in [0.05, 0.1) is 22.3 Å². The second-order valence-corrected chi connectivity index (χ2v) is 18.0. The van der Waals surface area contributed by atoms with Crippen molar-refractivity contribution in [1.82, 2.24) is 14.5 Å². The molecule has 0 aliphatic rings. The van der Waals surface area contributed by atoms with E-state index in [-0.39, 0.29) is 28.6 Å². The first-order valence-electron chi connectivity index (χ1n) is 23.0. The van der Waals surface area contributed by atoms with E-state index in [4.69, 9.17) is 15.5 Å². The quantitative estimate of drug-likeness (QED) is 0.158. The maximum atomic E-state index is 12.2. The lowest BCUT2D eigenvalue weighted by Crippen LogP contribution is -2.11. The molecule has 2 heterocycles. The van der Waals surface area contributed by atoms with Gasteiger partial charge in [0.15, 0.2) is 0 Å². The smallest absolute Gasteiger partial charge is 0.149 e. The van der Waals surface area contributed by atoms with Crippen molar-refractivity contribution in [1.29, 1.82) is 0 Å². The highest BCUT2D eigenvalue weighted by molar-refractivity contribution is 5.97. The number of nitrogens with zero attached hydrogens (tertiary/aromatic N) is 3. The average Bonchev–Trinajstić information content (AvgIpc) is 3.65. The zero-order valence-electron chi connectivity index (χ0n) is 40.2. The Morgan fingerprint density at radius 1 is 0.617 bits per heavy atom. The van der Waals surface area contributed by atoms with Crippen molar-refractivity contribution in [2.45, 2.75) is 92.3 Å². The van der Waals surface area contributed by atoms with Gasteiger partial charge in [-0.15, -0.1) is 0 Å². The SMILES string of the molecule is [2H]C([2H])([2H])c1cc(-c2ccccc2)cc(-n2c(-c3cc(C(C)C)cc(C(C)C)c3O)nc3c(-c4cc(-c5cc(-c6ccc(C([2H])(C)C)cc6)ccn5)cc(C(C)(C)C)c4)cccc32)c1. The minimum Gasteiger partial charge on any atom is -0.507 e. The van der Waals surface area contributed by atoms with Gasteiger partial charge in [0.25, 0.3) is 0 Å². The highest BCUT2D eigenvalue weighted by atomic mass is 16.3. The Bertz CT molecular complexity index is 3000. The van der Waals surface area contributed by atoms with E-state index < -0.39 is 12.7 Å². The molecule has 0 aliphatic heterocycles. The minimum atomic E-state index is -2.39. The van der Waals surface area contributed by atoms with Crippen LogP contribution in [0.15, 0.2) is 140 Å². The molecule has 0 aliphatic carbocycles. The Morgan fingerprint density at radius 3 is 2.03 bits per heavy atom. The van der Waals surface area contributed by atoms with Gasteiger partial charge in [0.1, 0.15) is 11.6 Å². The van der Waals surface area contributed by atoms with Crippen LogP contribution in [0.4, 0.5) is 0 Å². The summed E-state index contributed by atoms with van der Waals surface area (Å²) in [5.74, 6) is 0.207. The second-order valence-electron chi connectivity index (χ2n) is 18.0. The van der Waals surface area contributed by atoms with Gasteiger partial charge in [-0.2, -0.15) is 0 Å². The van der Waals surface area contributed by atoms with Gasteiger partial charge in [0, 0.05) is 28.5 Å². The molecule has 0 saturated heterocycles. The number of para-hydroxylation sites is 1. The zero-order valence-corrected chi connectivity index (χ0v) is 36.2. The number of hydrogen-bond donors (Lipinski definition) is 1. The van der Waals surface area contributed by atoms with Crippen LogP contribution < -0.4 is 0 Å². The summed E-state index contributed by atoms with van der Waals surface area (Å²) >= 11 is 0. The normalized spacial score (nSPS) is 13.4. The number of benzene rings is 6. The van der Waals surface area contributed by atoms with Gasteiger partial charge < -0.3 is 5.11 Å². The van der Waals surface area contributed by atoms with Crippen LogP contribution in [-0.4, -0.2) is 19.6 Å². The number of pyridine rings is 1. The third kappa shape index (κ3) is 7.91. The van der Waals surface area contributed by atoms with Crippen LogP contribution in [0.5, 0.6) is 5.75 Å². The molecule has 0 saturated carbocycles. The molecule has 0 unspecified atom stereocenters. The summed E-state index contributed by atoms with van der Waals surface area (Å²) in [6, 6.07) is 44.6. The number of rotatable bonds is 9. The van der Waals surface area contributed by atoms with Crippen LogP contribution >= 0.6 is 0 Å². The summed E-state index contributed by atoms with van der Waals surface area (Å²) in [4.78, 5) is 10.4. The van der Waals surface area contributed by atoms with Crippen LogP contribution in [0, 0.1) is 6.85 Å². The lowest BCUT2D eigenvalue weighted by atomic mass is 9.83. The first kappa shape index (κ1) is 35.7. The Hall–Kier alpha value is -6.26.